The van der Waals surface area contributed by atoms with Crippen molar-refractivity contribution in [1.29, 1.82) is 0 Å². The first kappa shape index (κ1) is 14.0. The number of hydrogen-bond donors (Lipinski definition) is 1. The number of nitrogens with zero attached hydrogens (tertiary/aromatic N) is 1. The molecule has 2 aromatic rings. The molecule has 1 N–H and O–H groups in total. The van der Waals surface area contributed by atoms with Gasteiger partial charge in [0, 0.05) is 24.9 Å². The van der Waals surface area contributed by atoms with Gasteiger partial charge in [-0.2, -0.15) is 0 Å². The van der Waals surface area contributed by atoms with Gasteiger partial charge in [-0.15, -0.1) is 0 Å². The summed E-state index contributed by atoms with van der Waals surface area (Å²) in [5, 5.41) is 4.01. The molecular weight excluding hydrogens is 256 g/mol. The lowest BCUT2D eigenvalue weighted by molar-refractivity contribution is 0.625. The van der Waals surface area contributed by atoms with Crippen molar-refractivity contribution in [1.82, 2.24) is 10.3 Å². The number of aromatic nitrogens is 1. The van der Waals surface area contributed by atoms with Crippen LogP contribution in [0.5, 0.6) is 0 Å². The fraction of sp³-hybridized carbons (Fsp3) is 0.312. The van der Waals surface area contributed by atoms with Gasteiger partial charge in [0.2, 0.25) is 0 Å². The van der Waals surface area contributed by atoms with Crippen molar-refractivity contribution in [3.8, 4) is 0 Å². The number of benzene rings is 1. The molecule has 0 radical (unpaired) electrons. The Kier molecular flexibility index (Phi) is 4.94. The first-order valence-corrected chi connectivity index (χ1v) is 6.88. The van der Waals surface area contributed by atoms with E-state index in [0.29, 0.717) is 5.92 Å². The van der Waals surface area contributed by atoms with E-state index >= 15 is 0 Å². The number of hydrogen-bond acceptors (Lipinski definition) is 2. The van der Waals surface area contributed by atoms with E-state index in [1.54, 1.807) is 12.4 Å². The lowest BCUT2D eigenvalue weighted by Gasteiger charge is -2.18. The van der Waals surface area contributed by atoms with E-state index in [1.807, 2.05) is 13.1 Å². The average Bonchev–Trinajstić information content (AvgIpc) is 2.42. The largest absolute Gasteiger partial charge is 0.319 e. The van der Waals surface area contributed by atoms with E-state index < -0.39 is 0 Å². The zero-order valence-electron chi connectivity index (χ0n) is 11.4. The van der Waals surface area contributed by atoms with E-state index in [-0.39, 0.29) is 0 Å². The van der Waals surface area contributed by atoms with Crippen molar-refractivity contribution in [3.05, 3.63) is 64.4 Å². The van der Waals surface area contributed by atoms with Crippen LogP contribution >= 0.6 is 11.6 Å². The lowest BCUT2D eigenvalue weighted by Crippen LogP contribution is -2.19. The molecule has 100 valence electrons. The number of pyridine rings is 1. The minimum atomic E-state index is 0.422. The molecule has 0 saturated carbocycles. The minimum Gasteiger partial charge on any atom is -0.319 e. The number of likely N-dealkylation sites (N-methyl/N-ethyl adjacent to an activating group) is 1. The maximum atomic E-state index is 6.20. The van der Waals surface area contributed by atoms with Crippen molar-refractivity contribution in [2.24, 2.45) is 0 Å². The summed E-state index contributed by atoms with van der Waals surface area (Å²) in [5.74, 6) is 0.422. The number of nitrogens with one attached hydrogen (secondary N) is 1. The summed E-state index contributed by atoms with van der Waals surface area (Å²) in [4.78, 5) is 4.03. The predicted molar refractivity (Wildman–Crippen MR) is 80.8 cm³/mol. The quantitative estimate of drug-likeness (QED) is 0.901. The average molecular weight is 275 g/mol. The van der Waals surface area contributed by atoms with Crippen molar-refractivity contribution in [3.63, 3.8) is 0 Å². The van der Waals surface area contributed by atoms with Crippen LogP contribution in [0.3, 0.4) is 0 Å². The van der Waals surface area contributed by atoms with Crippen LogP contribution in [0.2, 0.25) is 5.02 Å². The Bertz CT molecular complexity index is 523. The summed E-state index contributed by atoms with van der Waals surface area (Å²) in [6.07, 6.45) is 4.43. The molecule has 1 unspecified atom stereocenters. The summed E-state index contributed by atoms with van der Waals surface area (Å²) in [6, 6.07) is 10.7. The van der Waals surface area contributed by atoms with Gasteiger partial charge in [-0.3, -0.25) is 4.98 Å². The molecule has 1 aromatic carbocycles. The van der Waals surface area contributed by atoms with Crippen molar-refractivity contribution < 1.29 is 0 Å². The van der Waals surface area contributed by atoms with Gasteiger partial charge in [-0.25, -0.2) is 0 Å². The lowest BCUT2D eigenvalue weighted by atomic mass is 9.91. The molecule has 2 nitrogen and oxygen atoms in total. The Morgan fingerprint density at radius 3 is 2.58 bits per heavy atom. The third-order valence-electron chi connectivity index (χ3n) is 3.32. The third kappa shape index (κ3) is 3.79. The van der Waals surface area contributed by atoms with Crippen LogP contribution in [0, 0.1) is 6.92 Å². The highest BCUT2D eigenvalue weighted by Gasteiger charge is 2.13. The summed E-state index contributed by atoms with van der Waals surface area (Å²) in [7, 11) is 1.98. The second-order valence-electron chi connectivity index (χ2n) is 4.84. The summed E-state index contributed by atoms with van der Waals surface area (Å²) in [5.41, 5.74) is 3.78. The summed E-state index contributed by atoms with van der Waals surface area (Å²) < 4.78 is 0. The van der Waals surface area contributed by atoms with Crippen LogP contribution in [0.25, 0.3) is 0 Å². The molecule has 0 bridgehead atoms. The van der Waals surface area contributed by atoms with E-state index in [0.717, 1.165) is 23.6 Å². The second-order valence-corrected chi connectivity index (χ2v) is 5.24. The molecule has 1 aromatic heterocycles. The van der Waals surface area contributed by atoms with Crippen LogP contribution in [-0.2, 0) is 6.42 Å². The second kappa shape index (κ2) is 6.69. The first-order valence-electron chi connectivity index (χ1n) is 6.50. The maximum absolute atomic E-state index is 6.20. The molecular formula is C16H19ClN2. The Balaban J connectivity index is 2.21. The highest BCUT2D eigenvalue weighted by atomic mass is 35.5. The summed E-state index contributed by atoms with van der Waals surface area (Å²) in [6.45, 7) is 3.04. The number of halogens is 1. The number of rotatable bonds is 5. The predicted octanol–water partition coefficient (Wildman–Crippen LogP) is 3.59. The fourth-order valence-corrected chi connectivity index (χ4v) is 2.42. The van der Waals surface area contributed by atoms with Gasteiger partial charge >= 0.3 is 0 Å². The SMILES string of the molecule is CNCC(Cc1ccncc1Cl)c1ccc(C)cc1. The molecule has 1 heterocycles. The van der Waals surface area contributed by atoms with E-state index in [9.17, 15) is 0 Å². The zero-order chi connectivity index (χ0) is 13.7. The molecule has 0 fully saturated rings. The van der Waals surface area contributed by atoms with Crippen LogP contribution in [-0.4, -0.2) is 18.6 Å². The van der Waals surface area contributed by atoms with Gasteiger partial charge in [-0.1, -0.05) is 41.4 Å². The molecule has 1 atom stereocenters. The Hall–Kier alpha value is -1.38. The molecule has 0 aliphatic rings. The standard InChI is InChI=1S/C16H19ClN2/c1-12-3-5-13(6-4-12)15(10-18-2)9-14-7-8-19-11-16(14)17/h3-8,11,15,18H,9-10H2,1-2H3. The van der Waals surface area contributed by atoms with Crippen molar-refractivity contribution >= 4 is 11.6 Å². The molecule has 2 rings (SSSR count). The van der Waals surface area contributed by atoms with E-state index in [1.165, 1.54) is 11.1 Å². The molecule has 0 aliphatic heterocycles. The van der Waals surface area contributed by atoms with Gasteiger partial charge in [0.25, 0.3) is 0 Å². The molecule has 3 heteroatoms. The minimum absolute atomic E-state index is 0.422. The zero-order valence-corrected chi connectivity index (χ0v) is 12.1. The monoisotopic (exact) mass is 274 g/mol. The maximum Gasteiger partial charge on any atom is 0.0621 e. The summed E-state index contributed by atoms with van der Waals surface area (Å²) >= 11 is 6.20. The Morgan fingerprint density at radius 1 is 1.21 bits per heavy atom. The van der Waals surface area contributed by atoms with Gasteiger partial charge in [-0.05, 0) is 37.6 Å². The molecule has 0 saturated heterocycles. The van der Waals surface area contributed by atoms with Crippen molar-refractivity contribution in [2.45, 2.75) is 19.3 Å². The van der Waals surface area contributed by atoms with Crippen LogP contribution in [0.4, 0.5) is 0 Å². The van der Waals surface area contributed by atoms with Gasteiger partial charge in [0.05, 0.1) is 5.02 Å². The first-order chi connectivity index (χ1) is 9.20. The fourth-order valence-electron chi connectivity index (χ4n) is 2.23. The highest BCUT2D eigenvalue weighted by molar-refractivity contribution is 6.31. The molecule has 0 amide bonds. The van der Waals surface area contributed by atoms with Crippen LogP contribution < -0.4 is 5.32 Å². The van der Waals surface area contributed by atoms with Crippen molar-refractivity contribution in [2.75, 3.05) is 13.6 Å². The van der Waals surface area contributed by atoms with Gasteiger partial charge in [0.15, 0.2) is 0 Å². The van der Waals surface area contributed by atoms with E-state index in [4.69, 9.17) is 11.6 Å². The topological polar surface area (TPSA) is 24.9 Å². The molecule has 0 aliphatic carbocycles. The molecule has 0 spiro atoms. The molecule has 19 heavy (non-hydrogen) atoms. The van der Waals surface area contributed by atoms with Crippen LogP contribution in [0.15, 0.2) is 42.7 Å². The number of aryl methyl sites for hydroxylation is 1. The van der Waals surface area contributed by atoms with Crippen LogP contribution in [0.1, 0.15) is 22.6 Å². The van der Waals surface area contributed by atoms with E-state index in [2.05, 4.69) is 41.5 Å². The smallest absolute Gasteiger partial charge is 0.0621 e. The van der Waals surface area contributed by atoms with Gasteiger partial charge < -0.3 is 5.32 Å². The Labute approximate surface area is 119 Å². The normalized spacial score (nSPS) is 12.4. The third-order valence-corrected chi connectivity index (χ3v) is 3.66. The Morgan fingerprint density at radius 2 is 1.95 bits per heavy atom. The van der Waals surface area contributed by atoms with Gasteiger partial charge in [0.1, 0.15) is 0 Å². The highest BCUT2D eigenvalue weighted by Crippen LogP contribution is 2.24.